The average Bonchev–Trinajstić information content (AvgIpc) is 3.35. The Bertz CT molecular complexity index is 791. The molecule has 1 aromatic carbocycles. The molecule has 1 fully saturated rings. The number of nitrogens with one attached hydrogen (secondary N) is 1. The summed E-state index contributed by atoms with van der Waals surface area (Å²) in [6, 6.07) is 10.3. The van der Waals surface area contributed by atoms with Crippen LogP contribution >= 0.6 is 12.4 Å². The summed E-state index contributed by atoms with van der Waals surface area (Å²) in [4.78, 5) is 4.72. The van der Waals surface area contributed by atoms with E-state index in [9.17, 15) is 0 Å². The van der Waals surface area contributed by atoms with Crippen molar-refractivity contribution in [2.75, 3.05) is 13.1 Å². The zero-order valence-corrected chi connectivity index (χ0v) is 15.0. The zero-order valence-electron chi connectivity index (χ0n) is 14.2. The number of piperidine rings is 1. The first-order valence-electron chi connectivity index (χ1n) is 8.46. The number of hydrogen-bond acceptors (Lipinski definition) is 5. The Kier molecular flexibility index (Phi) is 5.20. The normalized spacial score (nSPS) is 16.4. The van der Waals surface area contributed by atoms with Crippen LogP contribution in [0.25, 0.3) is 11.4 Å². The van der Waals surface area contributed by atoms with Crippen LogP contribution in [-0.2, 0) is 12.0 Å². The minimum atomic E-state index is -0.358. The monoisotopic (exact) mass is 359 g/mol. The predicted molar refractivity (Wildman–Crippen MR) is 97.8 cm³/mol. The van der Waals surface area contributed by atoms with Gasteiger partial charge in [0.1, 0.15) is 5.54 Å². The fraction of sp³-hybridized carbons (Fsp3) is 0.389. The van der Waals surface area contributed by atoms with Gasteiger partial charge in [-0.2, -0.15) is 10.1 Å². The molecule has 25 heavy (non-hydrogen) atoms. The van der Waals surface area contributed by atoms with Crippen LogP contribution in [0.3, 0.4) is 0 Å². The van der Waals surface area contributed by atoms with Crippen molar-refractivity contribution in [1.29, 1.82) is 0 Å². The first-order valence-corrected chi connectivity index (χ1v) is 8.46. The van der Waals surface area contributed by atoms with Gasteiger partial charge < -0.3 is 9.84 Å². The van der Waals surface area contributed by atoms with Gasteiger partial charge in [0.2, 0.25) is 5.82 Å². The molecular formula is C18H22ClN5O. The van der Waals surface area contributed by atoms with Gasteiger partial charge >= 0.3 is 0 Å². The molecule has 0 atom stereocenters. The second-order valence-electron chi connectivity index (χ2n) is 6.21. The number of rotatable bonds is 4. The summed E-state index contributed by atoms with van der Waals surface area (Å²) in [7, 11) is 0. The molecule has 0 amide bonds. The van der Waals surface area contributed by atoms with Crippen LogP contribution in [0, 0.1) is 0 Å². The van der Waals surface area contributed by atoms with Crippen LogP contribution in [-0.4, -0.2) is 33.0 Å². The average molecular weight is 360 g/mol. The van der Waals surface area contributed by atoms with E-state index in [1.54, 1.807) is 6.20 Å². The molecule has 132 valence electrons. The highest BCUT2D eigenvalue weighted by atomic mass is 35.5. The Morgan fingerprint density at radius 3 is 2.60 bits per heavy atom. The number of aromatic nitrogens is 4. The molecule has 0 radical (unpaired) electrons. The van der Waals surface area contributed by atoms with Crippen LogP contribution < -0.4 is 5.32 Å². The Morgan fingerprint density at radius 1 is 1.20 bits per heavy atom. The molecule has 7 heteroatoms. The lowest BCUT2D eigenvalue weighted by Crippen LogP contribution is -2.45. The molecule has 0 spiro atoms. The van der Waals surface area contributed by atoms with Crippen molar-refractivity contribution in [1.82, 2.24) is 25.2 Å². The maximum atomic E-state index is 5.69. The molecule has 0 aliphatic carbocycles. The van der Waals surface area contributed by atoms with Gasteiger partial charge in [-0.1, -0.05) is 36.3 Å². The molecule has 0 bridgehead atoms. The van der Waals surface area contributed by atoms with Gasteiger partial charge in [0, 0.05) is 18.0 Å². The van der Waals surface area contributed by atoms with Gasteiger partial charge in [-0.25, -0.2) is 0 Å². The highest BCUT2D eigenvalue weighted by molar-refractivity contribution is 5.85. The first kappa shape index (κ1) is 17.6. The predicted octanol–water partition coefficient (Wildman–Crippen LogP) is 3.04. The molecule has 4 rings (SSSR count). The van der Waals surface area contributed by atoms with Crippen molar-refractivity contribution >= 4 is 12.4 Å². The minimum absolute atomic E-state index is 0. The third kappa shape index (κ3) is 3.19. The van der Waals surface area contributed by atoms with E-state index < -0.39 is 0 Å². The van der Waals surface area contributed by atoms with Crippen molar-refractivity contribution in [2.45, 2.75) is 31.7 Å². The van der Waals surface area contributed by atoms with E-state index in [1.165, 1.54) is 5.56 Å². The van der Waals surface area contributed by atoms with Crippen LogP contribution in [0.4, 0.5) is 0 Å². The van der Waals surface area contributed by atoms with Crippen LogP contribution in [0.5, 0.6) is 0 Å². The summed E-state index contributed by atoms with van der Waals surface area (Å²) >= 11 is 0. The Hall–Kier alpha value is -2.18. The standard InChI is InChI=1S/C18H21N5O.ClH/c1-2-14-4-6-15(7-5-14)16-21-17(24-22-16)18(8-11-19-12-9-18)23-13-3-10-20-23;/h3-7,10,13,19H,2,8-9,11-12H2,1H3;1H. The van der Waals surface area contributed by atoms with E-state index in [0.29, 0.717) is 11.7 Å². The maximum Gasteiger partial charge on any atom is 0.255 e. The summed E-state index contributed by atoms with van der Waals surface area (Å²) in [5.74, 6) is 1.28. The minimum Gasteiger partial charge on any atom is -0.336 e. The lowest BCUT2D eigenvalue weighted by Gasteiger charge is -2.34. The van der Waals surface area contributed by atoms with Gasteiger partial charge in [0.15, 0.2) is 0 Å². The molecule has 1 aliphatic heterocycles. The van der Waals surface area contributed by atoms with Crippen molar-refractivity contribution in [3.63, 3.8) is 0 Å². The fourth-order valence-corrected chi connectivity index (χ4v) is 3.32. The van der Waals surface area contributed by atoms with E-state index in [0.717, 1.165) is 37.9 Å². The largest absolute Gasteiger partial charge is 0.336 e. The highest BCUT2D eigenvalue weighted by Crippen LogP contribution is 2.34. The van der Waals surface area contributed by atoms with Crippen molar-refractivity contribution in [3.8, 4) is 11.4 Å². The smallest absolute Gasteiger partial charge is 0.255 e. The van der Waals surface area contributed by atoms with Crippen molar-refractivity contribution in [3.05, 3.63) is 54.2 Å². The molecule has 2 aromatic heterocycles. The van der Waals surface area contributed by atoms with Crippen LogP contribution in [0.15, 0.2) is 47.2 Å². The van der Waals surface area contributed by atoms with Gasteiger partial charge in [0.25, 0.3) is 5.89 Å². The van der Waals surface area contributed by atoms with Gasteiger partial charge in [-0.3, -0.25) is 4.68 Å². The van der Waals surface area contributed by atoms with E-state index in [2.05, 4.69) is 46.8 Å². The third-order valence-electron chi connectivity index (χ3n) is 4.82. The van der Waals surface area contributed by atoms with Crippen LogP contribution in [0.1, 0.15) is 31.2 Å². The Labute approximate surface area is 153 Å². The van der Waals surface area contributed by atoms with Gasteiger partial charge in [-0.15, -0.1) is 12.4 Å². The number of aryl methyl sites for hydroxylation is 1. The fourth-order valence-electron chi connectivity index (χ4n) is 3.32. The lowest BCUT2D eigenvalue weighted by molar-refractivity contribution is 0.172. The molecule has 1 aliphatic rings. The molecule has 0 unspecified atom stereocenters. The van der Waals surface area contributed by atoms with E-state index >= 15 is 0 Å². The topological polar surface area (TPSA) is 68.8 Å². The second-order valence-corrected chi connectivity index (χ2v) is 6.21. The summed E-state index contributed by atoms with van der Waals surface area (Å²) in [5, 5.41) is 12.1. The molecule has 1 saturated heterocycles. The quantitative estimate of drug-likeness (QED) is 0.775. The number of nitrogens with zero attached hydrogens (tertiary/aromatic N) is 4. The molecule has 6 nitrogen and oxygen atoms in total. The molecule has 3 heterocycles. The molecule has 1 N–H and O–H groups in total. The van der Waals surface area contributed by atoms with Crippen LogP contribution in [0.2, 0.25) is 0 Å². The summed E-state index contributed by atoms with van der Waals surface area (Å²) in [6.45, 7) is 3.96. The van der Waals surface area contributed by atoms with Gasteiger partial charge in [0.05, 0.1) is 0 Å². The molecule has 0 saturated carbocycles. The highest BCUT2D eigenvalue weighted by Gasteiger charge is 2.41. The summed E-state index contributed by atoms with van der Waals surface area (Å²) in [6.07, 6.45) is 6.55. The Morgan fingerprint density at radius 2 is 1.96 bits per heavy atom. The van der Waals surface area contributed by atoms with Crippen molar-refractivity contribution < 1.29 is 4.52 Å². The maximum absolute atomic E-state index is 5.69. The number of halogens is 1. The Balaban J connectivity index is 0.00000182. The first-order chi connectivity index (χ1) is 11.8. The van der Waals surface area contributed by atoms with E-state index in [1.807, 2.05) is 16.9 Å². The molecular weight excluding hydrogens is 338 g/mol. The van der Waals surface area contributed by atoms with Crippen molar-refractivity contribution in [2.24, 2.45) is 0 Å². The zero-order chi connectivity index (χ0) is 16.4. The molecule has 3 aromatic rings. The van der Waals surface area contributed by atoms with E-state index in [4.69, 9.17) is 9.51 Å². The second kappa shape index (κ2) is 7.37. The summed E-state index contributed by atoms with van der Waals surface area (Å²) < 4.78 is 7.66. The lowest BCUT2D eigenvalue weighted by atomic mass is 9.88. The van der Waals surface area contributed by atoms with Gasteiger partial charge in [-0.05, 0) is 44.0 Å². The third-order valence-corrected chi connectivity index (χ3v) is 4.82. The SMILES string of the molecule is CCc1ccc(-c2noc(C3(n4cccn4)CCNCC3)n2)cc1.Cl. The summed E-state index contributed by atoms with van der Waals surface area (Å²) in [5.41, 5.74) is 1.92. The van der Waals surface area contributed by atoms with E-state index in [-0.39, 0.29) is 17.9 Å². The number of benzene rings is 1. The number of hydrogen-bond donors (Lipinski definition) is 1.